The van der Waals surface area contributed by atoms with Gasteiger partial charge in [0.2, 0.25) is 10.0 Å². The number of nitrogens with one attached hydrogen (secondary N) is 1. The molecule has 0 spiro atoms. The molecule has 11 heteroatoms. The zero-order valence-electron chi connectivity index (χ0n) is 14.6. The molecular formula is C16H20ClN3O6S. The zero-order valence-corrected chi connectivity index (χ0v) is 16.2. The first-order valence-corrected chi connectivity index (χ1v) is 10.1. The number of halogens is 1. The Morgan fingerprint density at radius 2 is 1.85 bits per heavy atom. The summed E-state index contributed by atoms with van der Waals surface area (Å²) in [5.74, 6) is -1.83. The summed E-state index contributed by atoms with van der Waals surface area (Å²) in [6.45, 7) is 2.02. The number of sulfonamides is 1. The first kappa shape index (κ1) is 21.1. The second-order valence-corrected chi connectivity index (χ2v) is 8.32. The molecule has 1 atom stereocenters. The van der Waals surface area contributed by atoms with E-state index < -0.39 is 34.0 Å². The Labute approximate surface area is 161 Å². The van der Waals surface area contributed by atoms with E-state index in [-0.39, 0.29) is 15.5 Å². The molecule has 1 aliphatic rings. The van der Waals surface area contributed by atoms with Crippen LogP contribution in [0.3, 0.4) is 0 Å². The van der Waals surface area contributed by atoms with Gasteiger partial charge in [-0.2, -0.15) is 4.31 Å². The summed E-state index contributed by atoms with van der Waals surface area (Å²) in [4.78, 5) is 34.3. The fraction of sp³-hybridized carbons (Fsp3) is 0.438. The molecular weight excluding hydrogens is 398 g/mol. The van der Waals surface area contributed by atoms with Gasteiger partial charge in [-0.05, 0) is 38.0 Å². The van der Waals surface area contributed by atoms with E-state index in [1.54, 1.807) is 5.32 Å². The molecule has 0 aliphatic carbocycles. The average Bonchev–Trinajstić information content (AvgIpc) is 2.61. The average molecular weight is 418 g/mol. The maximum atomic E-state index is 12.8. The predicted molar refractivity (Wildman–Crippen MR) is 96.7 cm³/mol. The van der Waals surface area contributed by atoms with Crippen molar-refractivity contribution in [3.8, 4) is 0 Å². The van der Waals surface area contributed by atoms with E-state index in [0.717, 1.165) is 25.3 Å². The number of piperidine rings is 1. The monoisotopic (exact) mass is 417 g/mol. The number of hydrogen-bond acceptors (Lipinski definition) is 6. The van der Waals surface area contributed by atoms with Crippen molar-refractivity contribution in [2.75, 3.05) is 13.1 Å². The standard InChI is InChI=1S/C16H20ClN3O6S/c1-10(14(21)19-16(18)23)26-15(22)11-5-6-12(17)13(9-11)27(24,25)20-7-3-2-4-8-20/h5-6,9-10H,2-4,7-8H2,1H3,(H3,18,19,21,23)/t10-/m0/s1. The number of nitrogens with two attached hydrogens (primary N) is 1. The van der Waals surface area contributed by atoms with Gasteiger partial charge in [-0.15, -0.1) is 0 Å². The maximum Gasteiger partial charge on any atom is 0.338 e. The molecule has 3 N–H and O–H groups in total. The number of primary amides is 1. The minimum Gasteiger partial charge on any atom is -0.449 e. The van der Waals surface area contributed by atoms with E-state index in [1.165, 1.54) is 23.4 Å². The molecule has 0 unspecified atom stereocenters. The highest BCUT2D eigenvalue weighted by Crippen LogP contribution is 2.28. The summed E-state index contributed by atoms with van der Waals surface area (Å²) in [6.07, 6.45) is 1.16. The van der Waals surface area contributed by atoms with Crippen molar-refractivity contribution in [3.63, 3.8) is 0 Å². The van der Waals surface area contributed by atoms with Crippen LogP contribution in [0.5, 0.6) is 0 Å². The summed E-state index contributed by atoms with van der Waals surface area (Å²) in [5, 5.41) is 1.77. The number of esters is 1. The number of benzene rings is 1. The number of ether oxygens (including phenoxy) is 1. The van der Waals surface area contributed by atoms with Crippen LogP contribution in [0.25, 0.3) is 0 Å². The van der Waals surface area contributed by atoms with Crippen molar-refractivity contribution >= 4 is 39.5 Å². The van der Waals surface area contributed by atoms with Gasteiger partial charge in [0.05, 0.1) is 10.6 Å². The molecule has 1 fully saturated rings. The van der Waals surface area contributed by atoms with Gasteiger partial charge in [-0.3, -0.25) is 10.1 Å². The summed E-state index contributed by atoms with van der Waals surface area (Å²) in [7, 11) is -3.86. The number of amides is 3. The molecule has 3 amide bonds. The molecule has 148 valence electrons. The van der Waals surface area contributed by atoms with Gasteiger partial charge in [0.1, 0.15) is 4.90 Å². The number of rotatable bonds is 5. The quantitative estimate of drug-likeness (QED) is 0.692. The van der Waals surface area contributed by atoms with E-state index in [1.807, 2.05) is 0 Å². The molecule has 9 nitrogen and oxygen atoms in total. The van der Waals surface area contributed by atoms with Crippen LogP contribution in [-0.4, -0.2) is 49.8 Å². The minimum atomic E-state index is -3.86. The molecule has 2 rings (SSSR count). The third-order valence-electron chi connectivity index (χ3n) is 4.00. The van der Waals surface area contributed by atoms with Crippen molar-refractivity contribution in [3.05, 3.63) is 28.8 Å². The fourth-order valence-electron chi connectivity index (χ4n) is 2.58. The second kappa shape index (κ2) is 8.68. The fourth-order valence-corrected chi connectivity index (χ4v) is 4.60. The van der Waals surface area contributed by atoms with Crippen molar-refractivity contribution in [2.24, 2.45) is 5.73 Å². The molecule has 0 radical (unpaired) electrons. The lowest BCUT2D eigenvalue weighted by Gasteiger charge is -2.26. The second-order valence-electron chi connectivity index (χ2n) is 6.01. The van der Waals surface area contributed by atoms with Crippen molar-refractivity contribution in [2.45, 2.75) is 37.2 Å². The number of urea groups is 1. The molecule has 0 aromatic heterocycles. The number of carbonyl (C=O) groups is 3. The SMILES string of the molecule is C[C@H](OC(=O)c1ccc(Cl)c(S(=O)(=O)N2CCCCC2)c1)C(=O)NC(N)=O. The Balaban J connectivity index is 2.22. The van der Waals surface area contributed by atoms with E-state index in [4.69, 9.17) is 22.1 Å². The molecule has 1 heterocycles. The van der Waals surface area contributed by atoms with Crippen LogP contribution < -0.4 is 11.1 Å². The van der Waals surface area contributed by atoms with Gasteiger partial charge in [0.15, 0.2) is 6.10 Å². The van der Waals surface area contributed by atoms with Gasteiger partial charge >= 0.3 is 12.0 Å². The Kier molecular flexibility index (Phi) is 6.79. The van der Waals surface area contributed by atoms with Gasteiger partial charge in [-0.1, -0.05) is 18.0 Å². The maximum absolute atomic E-state index is 12.8. The largest absolute Gasteiger partial charge is 0.449 e. The molecule has 1 aromatic carbocycles. The highest BCUT2D eigenvalue weighted by molar-refractivity contribution is 7.89. The number of imide groups is 1. The van der Waals surface area contributed by atoms with Crippen molar-refractivity contribution in [1.82, 2.24) is 9.62 Å². The van der Waals surface area contributed by atoms with Crippen LogP contribution in [0, 0.1) is 0 Å². The van der Waals surface area contributed by atoms with Crippen LogP contribution in [0.1, 0.15) is 36.5 Å². The molecule has 27 heavy (non-hydrogen) atoms. The van der Waals surface area contributed by atoms with E-state index >= 15 is 0 Å². The van der Waals surface area contributed by atoms with E-state index in [0.29, 0.717) is 13.1 Å². The van der Waals surface area contributed by atoms with Crippen LogP contribution in [0.2, 0.25) is 5.02 Å². The Morgan fingerprint density at radius 1 is 1.22 bits per heavy atom. The molecule has 0 saturated carbocycles. The summed E-state index contributed by atoms with van der Waals surface area (Å²) in [6, 6.07) is 2.61. The van der Waals surface area contributed by atoms with Crippen LogP contribution >= 0.6 is 11.6 Å². The highest BCUT2D eigenvalue weighted by atomic mass is 35.5. The van der Waals surface area contributed by atoms with E-state index in [2.05, 4.69) is 0 Å². The van der Waals surface area contributed by atoms with Crippen LogP contribution in [0.4, 0.5) is 4.79 Å². The molecule has 0 bridgehead atoms. The van der Waals surface area contributed by atoms with Gasteiger partial charge < -0.3 is 10.5 Å². The summed E-state index contributed by atoms with van der Waals surface area (Å²) >= 11 is 6.04. The van der Waals surface area contributed by atoms with Crippen molar-refractivity contribution < 1.29 is 27.5 Å². The summed E-state index contributed by atoms with van der Waals surface area (Å²) in [5.41, 5.74) is 4.74. The first-order valence-electron chi connectivity index (χ1n) is 8.24. The lowest BCUT2D eigenvalue weighted by atomic mass is 10.2. The summed E-state index contributed by atoms with van der Waals surface area (Å²) < 4.78 is 31.9. The van der Waals surface area contributed by atoms with E-state index in [9.17, 15) is 22.8 Å². The van der Waals surface area contributed by atoms with Gasteiger partial charge in [-0.25, -0.2) is 18.0 Å². The Hall–Kier alpha value is -2.17. The molecule has 1 aliphatic heterocycles. The van der Waals surface area contributed by atoms with Crippen molar-refractivity contribution in [1.29, 1.82) is 0 Å². The Morgan fingerprint density at radius 3 is 2.44 bits per heavy atom. The van der Waals surface area contributed by atoms with Crippen LogP contribution in [-0.2, 0) is 19.6 Å². The molecule has 1 saturated heterocycles. The highest BCUT2D eigenvalue weighted by Gasteiger charge is 2.29. The number of carbonyl (C=O) groups excluding carboxylic acids is 3. The van der Waals surface area contributed by atoms with Gasteiger partial charge in [0, 0.05) is 13.1 Å². The third kappa shape index (κ3) is 5.18. The topological polar surface area (TPSA) is 136 Å². The van der Waals surface area contributed by atoms with Crippen LogP contribution in [0.15, 0.2) is 23.1 Å². The zero-order chi connectivity index (χ0) is 20.2. The van der Waals surface area contributed by atoms with Gasteiger partial charge in [0.25, 0.3) is 5.91 Å². The lowest BCUT2D eigenvalue weighted by molar-refractivity contribution is -0.127. The Bertz CT molecular complexity index is 852. The minimum absolute atomic E-state index is 0.0170. The predicted octanol–water partition coefficient (Wildman–Crippen LogP) is 1.25. The number of hydrogen-bond donors (Lipinski definition) is 2. The smallest absolute Gasteiger partial charge is 0.338 e. The normalized spacial score (nSPS) is 16.4. The number of nitrogens with zero attached hydrogens (tertiary/aromatic N) is 1. The molecule has 1 aromatic rings. The lowest BCUT2D eigenvalue weighted by Crippen LogP contribution is -2.42. The first-order chi connectivity index (χ1) is 12.6. The third-order valence-corrected chi connectivity index (χ3v) is 6.38.